The minimum atomic E-state index is -0.279. The molecule has 3 N–H and O–H groups in total. The molecule has 1 saturated heterocycles. The second-order valence-electron chi connectivity index (χ2n) is 4.39. The van der Waals surface area contributed by atoms with Crippen LogP contribution in [0.5, 0.6) is 0 Å². The molecule has 0 aromatic carbocycles. The zero-order chi connectivity index (χ0) is 12.3. The second-order valence-corrected chi connectivity index (χ2v) is 4.39. The summed E-state index contributed by atoms with van der Waals surface area (Å²) in [5, 5.41) is 6.12. The maximum Gasteiger partial charge on any atom is 0.256 e. The van der Waals surface area contributed by atoms with E-state index in [1.165, 1.54) is 12.3 Å². The zero-order valence-corrected chi connectivity index (χ0v) is 9.88. The number of rotatable bonds is 2. The van der Waals surface area contributed by atoms with Crippen LogP contribution in [-0.4, -0.2) is 30.0 Å². The van der Waals surface area contributed by atoms with E-state index >= 15 is 0 Å². The van der Waals surface area contributed by atoms with Gasteiger partial charge in [-0.2, -0.15) is 0 Å². The van der Waals surface area contributed by atoms with Crippen molar-refractivity contribution in [2.24, 2.45) is 0 Å². The van der Waals surface area contributed by atoms with E-state index in [1.54, 1.807) is 6.92 Å². The van der Waals surface area contributed by atoms with Gasteiger partial charge >= 0.3 is 0 Å². The molecule has 5 nitrogen and oxygen atoms in total. The van der Waals surface area contributed by atoms with Crippen LogP contribution >= 0.6 is 0 Å². The van der Waals surface area contributed by atoms with Crippen LogP contribution in [0, 0.1) is 6.92 Å². The van der Waals surface area contributed by atoms with E-state index < -0.39 is 0 Å². The van der Waals surface area contributed by atoms with Gasteiger partial charge in [-0.05, 0) is 32.9 Å². The lowest BCUT2D eigenvalue weighted by Gasteiger charge is -2.23. The van der Waals surface area contributed by atoms with Gasteiger partial charge in [-0.25, -0.2) is 0 Å². The SMILES string of the molecule is Cc1cc(=O)c(C(=O)NC2CCNCC2)c[nH]1. The molecule has 1 aliphatic rings. The van der Waals surface area contributed by atoms with Crippen molar-refractivity contribution < 1.29 is 4.79 Å². The van der Waals surface area contributed by atoms with Crippen molar-refractivity contribution in [3.05, 3.63) is 33.7 Å². The standard InChI is InChI=1S/C12H17N3O2/c1-8-6-11(16)10(7-14-8)12(17)15-9-2-4-13-5-3-9/h6-7,9,13H,2-5H2,1H3,(H,14,16)(H,15,17). The Labute approximate surface area is 99.6 Å². The van der Waals surface area contributed by atoms with Crippen LogP contribution in [0.1, 0.15) is 28.9 Å². The number of hydrogen-bond acceptors (Lipinski definition) is 3. The highest BCUT2D eigenvalue weighted by molar-refractivity contribution is 5.93. The van der Waals surface area contributed by atoms with Crippen LogP contribution in [0.15, 0.2) is 17.1 Å². The van der Waals surface area contributed by atoms with Crippen molar-refractivity contribution >= 4 is 5.91 Å². The Hall–Kier alpha value is -1.62. The molecule has 0 saturated carbocycles. The van der Waals surface area contributed by atoms with Gasteiger partial charge in [-0.15, -0.1) is 0 Å². The Morgan fingerprint density at radius 2 is 2.12 bits per heavy atom. The third kappa shape index (κ3) is 2.94. The lowest BCUT2D eigenvalue weighted by Crippen LogP contribution is -2.43. The van der Waals surface area contributed by atoms with Gasteiger partial charge in [-0.3, -0.25) is 9.59 Å². The molecule has 1 aromatic heterocycles. The number of pyridine rings is 1. The molecule has 5 heteroatoms. The molecule has 0 spiro atoms. The number of H-pyrrole nitrogens is 1. The first-order valence-corrected chi connectivity index (χ1v) is 5.88. The summed E-state index contributed by atoms with van der Waals surface area (Å²) in [6.45, 7) is 3.61. The molecule has 2 heterocycles. The summed E-state index contributed by atoms with van der Waals surface area (Å²) >= 11 is 0. The van der Waals surface area contributed by atoms with Crippen LogP contribution in [0.25, 0.3) is 0 Å². The van der Waals surface area contributed by atoms with E-state index in [0.29, 0.717) is 0 Å². The van der Waals surface area contributed by atoms with Crippen LogP contribution in [0.4, 0.5) is 0 Å². The summed E-state index contributed by atoms with van der Waals surface area (Å²) in [5.74, 6) is -0.279. The third-order valence-electron chi connectivity index (χ3n) is 2.98. The summed E-state index contributed by atoms with van der Waals surface area (Å²) in [6.07, 6.45) is 3.30. The number of hydrogen-bond donors (Lipinski definition) is 3. The molecule has 17 heavy (non-hydrogen) atoms. The van der Waals surface area contributed by atoms with Crippen molar-refractivity contribution in [3.63, 3.8) is 0 Å². The molecule has 1 amide bonds. The first kappa shape index (κ1) is 11.9. The van der Waals surface area contributed by atoms with Crippen molar-refractivity contribution in [3.8, 4) is 0 Å². The molecule has 1 fully saturated rings. The molecular weight excluding hydrogens is 218 g/mol. The van der Waals surface area contributed by atoms with Crippen LogP contribution in [0.2, 0.25) is 0 Å². The lowest BCUT2D eigenvalue weighted by atomic mass is 10.1. The molecule has 92 valence electrons. The smallest absolute Gasteiger partial charge is 0.256 e. The van der Waals surface area contributed by atoms with Crippen molar-refractivity contribution in [2.75, 3.05) is 13.1 Å². The third-order valence-corrected chi connectivity index (χ3v) is 2.98. The van der Waals surface area contributed by atoms with E-state index in [-0.39, 0.29) is 22.9 Å². The number of nitrogens with one attached hydrogen (secondary N) is 3. The molecule has 0 atom stereocenters. The first-order valence-electron chi connectivity index (χ1n) is 5.88. The highest BCUT2D eigenvalue weighted by atomic mass is 16.2. The Morgan fingerprint density at radius 1 is 1.41 bits per heavy atom. The molecule has 2 rings (SSSR count). The first-order chi connectivity index (χ1) is 8.16. The Balaban J connectivity index is 2.06. The van der Waals surface area contributed by atoms with Crippen molar-refractivity contribution in [1.29, 1.82) is 0 Å². The number of piperidine rings is 1. The highest BCUT2D eigenvalue weighted by Gasteiger charge is 2.17. The molecule has 0 radical (unpaired) electrons. The van der Waals surface area contributed by atoms with E-state index in [0.717, 1.165) is 31.6 Å². The molecule has 0 unspecified atom stereocenters. The number of carbonyl (C=O) groups excluding carboxylic acids is 1. The van der Waals surface area contributed by atoms with Gasteiger partial charge in [-0.1, -0.05) is 0 Å². The fraction of sp³-hybridized carbons (Fsp3) is 0.500. The predicted octanol–water partition coefficient (Wildman–Crippen LogP) is 0.165. The highest BCUT2D eigenvalue weighted by Crippen LogP contribution is 2.03. The van der Waals surface area contributed by atoms with Crippen LogP contribution < -0.4 is 16.1 Å². The average Bonchev–Trinajstić information content (AvgIpc) is 2.30. The quantitative estimate of drug-likeness (QED) is 0.684. The van der Waals surface area contributed by atoms with Gasteiger partial charge in [0, 0.05) is 24.0 Å². The van der Waals surface area contributed by atoms with Gasteiger partial charge < -0.3 is 15.6 Å². The van der Waals surface area contributed by atoms with Gasteiger partial charge in [0.25, 0.3) is 5.91 Å². The van der Waals surface area contributed by atoms with Crippen molar-refractivity contribution in [1.82, 2.24) is 15.6 Å². The van der Waals surface area contributed by atoms with E-state index in [2.05, 4.69) is 15.6 Å². The summed E-state index contributed by atoms with van der Waals surface area (Å²) in [5.41, 5.74) is 0.718. The van der Waals surface area contributed by atoms with Crippen molar-refractivity contribution in [2.45, 2.75) is 25.8 Å². The average molecular weight is 235 g/mol. The monoisotopic (exact) mass is 235 g/mol. The molecule has 0 aliphatic carbocycles. The van der Waals surface area contributed by atoms with Gasteiger partial charge in [0.1, 0.15) is 5.56 Å². The minimum Gasteiger partial charge on any atom is -0.364 e. The number of aryl methyl sites for hydroxylation is 1. The summed E-state index contributed by atoms with van der Waals surface area (Å²) in [6, 6.07) is 1.61. The second kappa shape index (κ2) is 5.14. The summed E-state index contributed by atoms with van der Waals surface area (Å²) < 4.78 is 0. The topological polar surface area (TPSA) is 74.0 Å². The van der Waals surface area contributed by atoms with Gasteiger partial charge in [0.15, 0.2) is 5.43 Å². The summed E-state index contributed by atoms with van der Waals surface area (Å²) in [4.78, 5) is 26.4. The maximum absolute atomic E-state index is 11.9. The Bertz CT molecular complexity index is 461. The predicted molar refractivity (Wildman–Crippen MR) is 65.2 cm³/mol. The number of aromatic amines is 1. The number of amides is 1. The number of aromatic nitrogens is 1. The zero-order valence-electron chi connectivity index (χ0n) is 9.88. The van der Waals surface area contributed by atoms with Gasteiger partial charge in [0.05, 0.1) is 0 Å². The largest absolute Gasteiger partial charge is 0.364 e. The summed E-state index contributed by atoms with van der Waals surface area (Å²) in [7, 11) is 0. The minimum absolute atomic E-state index is 0.171. The van der Waals surface area contributed by atoms with E-state index in [1.807, 2.05) is 0 Å². The Kier molecular flexibility index (Phi) is 3.58. The van der Waals surface area contributed by atoms with E-state index in [4.69, 9.17) is 0 Å². The molecule has 1 aromatic rings. The van der Waals surface area contributed by atoms with Crippen LogP contribution in [0.3, 0.4) is 0 Å². The normalized spacial score (nSPS) is 16.8. The molecule has 1 aliphatic heterocycles. The maximum atomic E-state index is 11.9. The fourth-order valence-electron chi connectivity index (χ4n) is 1.98. The number of carbonyl (C=O) groups is 1. The molecule has 0 bridgehead atoms. The molecular formula is C12H17N3O2. The van der Waals surface area contributed by atoms with E-state index in [9.17, 15) is 9.59 Å². The fourth-order valence-corrected chi connectivity index (χ4v) is 1.98. The van der Waals surface area contributed by atoms with Crippen LogP contribution in [-0.2, 0) is 0 Å². The van der Waals surface area contributed by atoms with Gasteiger partial charge in [0.2, 0.25) is 0 Å². The Morgan fingerprint density at radius 3 is 2.76 bits per heavy atom. The lowest BCUT2D eigenvalue weighted by molar-refractivity contribution is 0.0928.